The SMILES string of the molecule is CCN1CCCC1CN=C(NCCCn1nc(C)cc1C)NCCc1ccco1. The molecule has 0 bridgehead atoms. The fraction of sp³-hybridized carbons (Fsp3) is 0.636. The van der Waals surface area contributed by atoms with Crippen LogP contribution in [0.2, 0.25) is 0 Å². The van der Waals surface area contributed by atoms with Crippen LogP contribution >= 0.6 is 0 Å². The first kappa shape index (κ1) is 21.4. The summed E-state index contributed by atoms with van der Waals surface area (Å²) in [6, 6.07) is 6.63. The Morgan fingerprint density at radius 1 is 1.31 bits per heavy atom. The minimum atomic E-state index is 0.568. The van der Waals surface area contributed by atoms with E-state index in [9.17, 15) is 0 Å². The van der Waals surface area contributed by atoms with Gasteiger partial charge in [0.05, 0.1) is 18.5 Å². The first-order valence-electron chi connectivity index (χ1n) is 11.0. The molecular weight excluding hydrogens is 364 g/mol. The summed E-state index contributed by atoms with van der Waals surface area (Å²) in [5.41, 5.74) is 2.29. The molecule has 2 aromatic rings. The van der Waals surface area contributed by atoms with Crippen LogP contribution in [0.4, 0.5) is 0 Å². The van der Waals surface area contributed by atoms with E-state index >= 15 is 0 Å². The Balaban J connectivity index is 1.48. The minimum Gasteiger partial charge on any atom is -0.469 e. The average molecular weight is 401 g/mol. The molecule has 1 aliphatic heterocycles. The van der Waals surface area contributed by atoms with Crippen LogP contribution in [0.1, 0.15) is 43.3 Å². The molecule has 0 amide bonds. The van der Waals surface area contributed by atoms with Crippen LogP contribution in [0.3, 0.4) is 0 Å². The van der Waals surface area contributed by atoms with Crippen molar-refractivity contribution in [2.75, 3.05) is 32.7 Å². The predicted molar refractivity (Wildman–Crippen MR) is 117 cm³/mol. The third kappa shape index (κ3) is 6.63. The Labute approximate surface area is 174 Å². The maximum atomic E-state index is 5.43. The third-order valence-corrected chi connectivity index (χ3v) is 5.55. The first-order chi connectivity index (χ1) is 14.2. The number of aliphatic imine (C=N–C) groups is 1. The van der Waals surface area contributed by atoms with Gasteiger partial charge in [0.15, 0.2) is 5.96 Å². The molecular formula is C22H36N6O. The van der Waals surface area contributed by atoms with Crippen LogP contribution in [0, 0.1) is 13.8 Å². The van der Waals surface area contributed by atoms with E-state index in [0.717, 1.165) is 63.0 Å². The van der Waals surface area contributed by atoms with E-state index in [4.69, 9.17) is 9.41 Å². The van der Waals surface area contributed by atoms with E-state index in [-0.39, 0.29) is 0 Å². The molecule has 0 radical (unpaired) electrons. The number of furan rings is 1. The van der Waals surface area contributed by atoms with Crippen molar-refractivity contribution in [2.45, 2.75) is 59.0 Å². The average Bonchev–Trinajstić information content (AvgIpc) is 3.44. The number of rotatable bonds is 10. The number of aryl methyl sites for hydroxylation is 3. The molecule has 1 saturated heterocycles. The molecule has 0 saturated carbocycles. The number of nitrogens with one attached hydrogen (secondary N) is 2. The summed E-state index contributed by atoms with van der Waals surface area (Å²) in [5.74, 6) is 1.89. The summed E-state index contributed by atoms with van der Waals surface area (Å²) in [4.78, 5) is 7.42. The molecule has 160 valence electrons. The number of nitrogens with zero attached hydrogens (tertiary/aromatic N) is 4. The lowest BCUT2D eigenvalue weighted by Gasteiger charge is -2.21. The standard InChI is InChI=1S/C22H36N6O/c1-4-27-13-5-8-20(27)17-25-22(24-12-10-21-9-6-15-29-21)23-11-7-14-28-19(3)16-18(2)26-28/h6,9,15-16,20H,4-5,7-8,10-14,17H2,1-3H3,(H2,23,24,25). The van der Waals surface area contributed by atoms with Gasteiger partial charge >= 0.3 is 0 Å². The molecule has 0 spiro atoms. The Morgan fingerprint density at radius 2 is 2.17 bits per heavy atom. The summed E-state index contributed by atoms with van der Waals surface area (Å²) >= 11 is 0. The minimum absolute atomic E-state index is 0.568. The molecule has 7 nitrogen and oxygen atoms in total. The van der Waals surface area contributed by atoms with Crippen LogP contribution in [0.5, 0.6) is 0 Å². The van der Waals surface area contributed by atoms with Gasteiger partial charge in [0.2, 0.25) is 0 Å². The lowest BCUT2D eigenvalue weighted by Crippen LogP contribution is -2.40. The molecule has 2 aromatic heterocycles. The van der Waals surface area contributed by atoms with Crippen LogP contribution < -0.4 is 10.6 Å². The van der Waals surface area contributed by atoms with Gasteiger partial charge in [-0.25, -0.2) is 0 Å². The number of likely N-dealkylation sites (tertiary alicyclic amines) is 1. The highest BCUT2D eigenvalue weighted by Gasteiger charge is 2.22. The zero-order valence-corrected chi connectivity index (χ0v) is 18.2. The normalized spacial score (nSPS) is 17.8. The number of likely N-dealkylation sites (N-methyl/N-ethyl adjacent to an activating group) is 1. The van der Waals surface area contributed by atoms with E-state index in [1.165, 1.54) is 25.1 Å². The number of aromatic nitrogens is 2. The maximum absolute atomic E-state index is 5.43. The van der Waals surface area contributed by atoms with Gasteiger partial charge in [-0.1, -0.05) is 6.92 Å². The fourth-order valence-electron chi connectivity index (χ4n) is 3.99. The van der Waals surface area contributed by atoms with Crippen molar-refractivity contribution in [1.29, 1.82) is 0 Å². The predicted octanol–water partition coefficient (Wildman–Crippen LogP) is 2.75. The van der Waals surface area contributed by atoms with Gasteiger partial charge in [0, 0.05) is 37.8 Å². The molecule has 3 heterocycles. The second-order valence-corrected chi connectivity index (χ2v) is 7.80. The summed E-state index contributed by atoms with van der Waals surface area (Å²) in [6.07, 6.45) is 6.11. The molecule has 1 atom stereocenters. The summed E-state index contributed by atoms with van der Waals surface area (Å²) in [6.45, 7) is 12.1. The summed E-state index contributed by atoms with van der Waals surface area (Å²) < 4.78 is 7.51. The van der Waals surface area contributed by atoms with Crippen LogP contribution in [-0.4, -0.2) is 59.4 Å². The number of hydrogen-bond acceptors (Lipinski definition) is 4. The molecule has 1 fully saturated rings. The van der Waals surface area contributed by atoms with Crippen molar-refractivity contribution in [2.24, 2.45) is 4.99 Å². The number of hydrogen-bond donors (Lipinski definition) is 2. The Kier molecular flexibility index (Phi) is 8.16. The Hall–Kier alpha value is -2.28. The van der Waals surface area contributed by atoms with E-state index in [1.54, 1.807) is 6.26 Å². The zero-order chi connectivity index (χ0) is 20.5. The van der Waals surface area contributed by atoms with Gasteiger partial charge in [-0.2, -0.15) is 5.10 Å². The topological polar surface area (TPSA) is 70.6 Å². The van der Waals surface area contributed by atoms with Crippen molar-refractivity contribution in [1.82, 2.24) is 25.3 Å². The molecule has 0 aliphatic carbocycles. The molecule has 2 N–H and O–H groups in total. The zero-order valence-electron chi connectivity index (χ0n) is 18.2. The van der Waals surface area contributed by atoms with E-state index in [1.807, 2.05) is 19.1 Å². The second kappa shape index (κ2) is 11.0. The fourth-order valence-corrected chi connectivity index (χ4v) is 3.99. The van der Waals surface area contributed by atoms with Gasteiger partial charge < -0.3 is 15.1 Å². The van der Waals surface area contributed by atoms with Crippen molar-refractivity contribution < 1.29 is 4.42 Å². The highest BCUT2D eigenvalue weighted by molar-refractivity contribution is 5.79. The van der Waals surface area contributed by atoms with E-state index in [2.05, 4.69) is 45.2 Å². The Morgan fingerprint density at radius 3 is 2.90 bits per heavy atom. The molecule has 0 aromatic carbocycles. The van der Waals surface area contributed by atoms with Crippen LogP contribution in [0.15, 0.2) is 33.9 Å². The van der Waals surface area contributed by atoms with Gasteiger partial charge in [0.1, 0.15) is 5.76 Å². The second-order valence-electron chi connectivity index (χ2n) is 7.80. The summed E-state index contributed by atoms with van der Waals surface area (Å²) in [7, 11) is 0. The van der Waals surface area contributed by atoms with Gasteiger partial charge in [-0.3, -0.25) is 14.6 Å². The van der Waals surface area contributed by atoms with Gasteiger partial charge in [0.25, 0.3) is 0 Å². The van der Waals surface area contributed by atoms with Gasteiger partial charge in [-0.15, -0.1) is 0 Å². The third-order valence-electron chi connectivity index (χ3n) is 5.55. The van der Waals surface area contributed by atoms with Crippen molar-refractivity contribution in [3.63, 3.8) is 0 Å². The van der Waals surface area contributed by atoms with E-state index < -0.39 is 0 Å². The van der Waals surface area contributed by atoms with Gasteiger partial charge in [-0.05, 0) is 64.4 Å². The smallest absolute Gasteiger partial charge is 0.191 e. The quantitative estimate of drug-likeness (QED) is 0.365. The highest BCUT2D eigenvalue weighted by atomic mass is 16.3. The lowest BCUT2D eigenvalue weighted by atomic mass is 10.2. The van der Waals surface area contributed by atoms with Crippen LogP contribution in [0.25, 0.3) is 0 Å². The molecule has 3 rings (SSSR count). The molecule has 7 heteroatoms. The lowest BCUT2D eigenvalue weighted by molar-refractivity contribution is 0.273. The van der Waals surface area contributed by atoms with Crippen LogP contribution in [-0.2, 0) is 13.0 Å². The van der Waals surface area contributed by atoms with Crippen molar-refractivity contribution in [3.8, 4) is 0 Å². The van der Waals surface area contributed by atoms with E-state index in [0.29, 0.717) is 6.04 Å². The highest BCUT2D eigenvalue weighted by Crippen LogP contribution is 2.16. The molecule has 1 unspecified atom stereocenters. The largest absolute Gasteiger partial charge is 0.469 e. The van der Waals surface area contributed by atoms with Crippen molar-refractivity contribution >= 4 is 5.96 Å². The maximum Gasteiger partial charge on any atom is 0.191 e. The molecule has 1 aliphatic rings. The number of guanidine groups is 1. The summed E-state index contributed by atoms with van der Waals surface area (Å²) in [5, 5.41) is 11.5. The monoisotopic (exact) mass is 400 g/mol. The van der Waals surface area contributed by atoms with Crippen molar-refractivity contribution in [3.05, 3.63) is 41.6 Å². The molecule has 29 heavy (non-hydrogen) atoms. The Bertz CT molecular complexity index is 751. The first-order valence-corrected chi connectivity index (χ1v) is 11.0.